The second-order valence-corrected chi connectivity index (χ2v) is 5.88. The summed E-state index contributed by atoms with van der Waals surface area (Å²) in [6.07, 6.45) is 2.42. The van der Waals surface area contributed by atoms with Gasteiger partial charge in [-0.2, -0.15) is 0 Å². The molecule has 1 aromatic carbocycles. The summed E-state index contributed by atoms with van der Waals surface area (Å²) in [4.78, 5) is 2.43. The van der Waals surface area contributed by atoms with Crippen molar-refractivity contribution in [3.8, 4) is 5.75 Å². The largest absolute Gasteiger partial charge is 0.497 e. The molecule has 0 aromatic heterocycles. The molecule has 0 N–H and O–H groups in total. The molecule has 4 heteroatoms. The molecule has 1 unspecified atom stereocenters. The van der Waals surface area contributed by atoms with Crippen molar-refractivity contribution in [3.63, 3.8) is 0 Å². The number of benzene rings is 1. The van der Waals surface area contributed by atoms with E-state index in [0.29, 0.717) is 6.10 Å². The molecule has 1 spiro atoms. The van der Waals surface area contributed by atoms with E-state index in [2.05, 4.69) is 17.0 Å². The Morgan fingerprint density at radius 1 is 1.25 bits per heavy atom. The molecule has 0 aliphatic carbocycles. The van der Waals surface area contributed by atoms with Crippen LogP contribution >= 0.6 is 0 Å². The van der Waals surface area contributed by atoms with E-state index in [9.17, 15) is 0 Å². The van der Waals surface area contributed by atoms with Gasteiger partial charge in [0.05, 0.1) is 18.8 Å². The monoisotopic (exact) mass is 277 g/mol. The Morgan fingerprint density at radius 2 is 2.00 bits per heavy atom. The van der Waals surface area contributed by atoms with Gasteiger partial charge in [0.1, 0.15) is 5.75 Å². The zero-order valence-corrected chi connectivity index (χ0v) is 12.3. The summed E-state index contributed by atoms with van der Waals surface area (Å²) in [5.74, 6) is 0.910. The zero-order valence-electron chi connectivity index (χ0n) is 12.3. The predicted molar refractivity (Wildman–Crippen MR) is 77.0 cm³/mol. The molecule has 110 valence electrons. The van der Waals surface area contributed by atoms with E-state index in [0.717, 1.165) is 44.8 Å². The van der Waals surface area contributed by atoms with Crippen molar-refractivity contribution in [2.75, 3.05) is 33.9 Å². The van der Waals surface area contributed by atoms with Gasteiger partial charge in [0.2, 0.25) is 0 Å². The van der Waals surface area contributed by atoms with Crippen molar-refractivity contribution in [2.24, 2.45) is 0 Å². The predicted octanol–water partition coefficient (Wildman–Crippen LogP) is 2.08. The van der Waals surface area contributed by atoms with E-state index >= 15 is 0 Å². The molecule has 2 aliphatic heterocycles. The molecule has 0 amide bonds. The number of nitrogens with zero attached hydrogens (tertiary/aromatic N) is 1. The average molecular weight is 277 g/mol. The maximum atomic E-state index is 6.00. The van der Waals surface area contributed by atoms with Crippen LogP contribution in [-0.4, -0.2) is 50.5 Å². The van der Waals surface area contributed by atoms with E-state index in [4.69, 9.17) is 14.2 Å². The smallest absolute Gasteiger partial charge is 0.118 e. The molecule has 2 heterocycles. The van der Waals surface area contributed by atoms with E-state index in [-0.39, 0.29) is 5.60 Å². The number of methoxy groups -OCH3 is 2. The highest BCUT2D eigenvalue weighted by Gasteiger charge is 2.47. The fourth-order valence-corrected chi connectivity index (χ4v) is 3.27. The maximum Gasteiger partial charge on any atom is 0.118 e. The van der Waals surface area contributed by atoms with E-state index in [1.54, 1.807) is 14.2 Å². The molecule has 2 aliphatic rings. The summed E-state index contributed by atoms with van der Waals surface area (Å²) >= 11 is 0. The van der Waals surface area contributed by atoms with Crippen molar-refractivity contribution >= 4 is 0 Å². The van der Waals surface area contributed by atoms with E-state index in [1.807, 2.05) is 12.1 Å². The minimum Gasteiger partial charge on any atom is -0.497 e. The third-order valence-electron chi connectivity index (χ3n) is 4.37. The van der Waals surface area contributed by atoms with Crippen molar-refractivity contribution in [1.29, 1.82) is 0 Å². The first kappa shape index (κ1) is 13.9. The van der Waals surface area contributed by atoms with Crippen LogP contribution in [0.1, 0.15) is 18.4 Å². The van der Waals surface area contributed by atoms with Crippen molar-refractivity contribution in [2.45, 2.75) is 31.1 Å². The van der Waals surface area contributed by atoms with Crippen molar-refractivity contribution in [3.05, 3.63) is 29.8 Å². The molecular formula is C16H23NO3. The second-order valence-electron chi connectivity index (χ2n) is 5.88. The Labute approximate surface area is 120 Å². The molecule has 0 saturated carbocycles. The van der Waals surface area contributed by atoms with Crippen LogP contribution < -0.4 is 4.74 Å². The van der Waals surface area contributed by atoms with Crippen LogP contribution in [0.15, 0.2) is 24.3 Å². The molecule has 0 bridgehead atoms. The molecule has 0 radical (unpaired) electrons. The van der Waals surface area contributed by atoms with Crippen molar-refractivity contribution < 1.29 is 14.2 Å². The van der Waals surface area contributed by atoms with Crippen LogP contribution in [-0.2, 0) is 16.0 Å². The second kappa shape index (κ2) is 5.72. The standard InChI is InChI=1S/C16H23NO3/c1-18-14-5-3-13(4-6-14)10-17-11-16(12-17)9-15(19-2)7-8-20-16/h3-6,15H,7-12H2,1-2H3. The molecule has 3 rings (SSSR count). The molecule has 1 aromatic rings. The fourth-order valence-electron chi connectivity index (χ4n) is 3.27. The lowest BCUT2D eigenvalue weighted by molar-refractivity contribution is -0.195. The SMILES string of the molecule is COc1ccc(CN2CC3(CC(OC)CCO3)C2)cc1. The van der Waals surface area contributed by atoms with E-state index in [1.165, 1.54) is 5.56 Å². The normalized spacial score (nSPS) is 25.4. The Hall–Kier alpha value is -1.10. The summed E-state index contributed by atoms with van der Waals surface area (Å²) in [5, 5.41) is 0. The molecule has 20 heavy (non-hydrogen) atoms. The Morgan fingerprint density at radius 3 is 2.65 bits per heavy atom. The van der Waals surface area contributed by atoms with Crippen LogP contribution in [0.25, 0.3) is 0 Å². The Kier molecular flexibility index (Phi) is 3.96. The molecular weight excluding hydrogens is 254 g/mol. The van der Waals surface area contributed by atoms with Crippen LogP contribution in [0.4, 0.5) is 0 Å². The molecule has 4 nitrogen and oxygen atoms in total. The highest BCUT2D eigenvalue weighted by molar-refractivity contribution is 5.27. The minimum absolute atomic E-state index is 0.0470. The summed E-state index contributed by atoms with van der Waals surface area (Å²) in [5.41, 5.74) is 1.37. The first-order chi connectivity index (χ1) is 9.73. The first-order valence-electron chi connectivity index (χ1n) is 7.25. The van der Waals surface area contributed by atoms with Crippen LogP contribution in [0.2, 0.25) is 0 Å². The van der Waals surface area contributed by atoms with E-state index < -0.39 is 0 Å². The van der Waals surface area contributed by atoms with Crippen molar-refractivity contribution in [1.82, 2.24) is 4.90 Å². The van der Waals surface area contributed by atoms with Gasteiger partial charge in [-0.1, -0.05) is 12.1 Å². The van der Waals surface area contributed by atoms with Gasteiger partial charge in [0.15, 0.2) is 0 Å². The summed E-state index contributed by atoms with van der Waals surface area (Å²) in [6, 6.07) is 8.29. The summed E-state index contributed by atoms with van der Waals surface area (Å²) in [7, 11) is 3.50. The molecule has 2 saturated heterocycles. The third-order valence-corrected chi connectivity index (χ3v) is 4.37. The van der Waals surface area contributed by atoms with Gasteiger partial charge in [-0.25, -0.2) is 0 Å². The van der Waals surface area contributed by atoms with Gasteiger partial charge >= 0.3 is 0 Å². The van der Waals surface area contributed by atoms with Gasteiger partial charge in [-0.05, 0) is 24.1 Å². The topological polar surface area (TPSA) is 30.9 Å². The summed E-state index contributed by atoms with van der Waals surface area (Å²) < 4.78 is 16.7. The number of rotatable bonds is 4. The van der Waals surface area contributed by atoms with Gasteiger partial charge < -0.3 is 14.2 Å². The lowest BCUT2D eigenvalue weighted by Gasteiger charge is -2.53. The van der Waals surface area contributed by atoms with Gasteiger partial charge in [-0.15, -0.1) is 0 Å². The van der Waals surface area contributed by atoms with Gasteiger partial charge in [-0.3, -0.25) is 4.90 Å². The summed E-state index contributed by atoms with van der Waals surface area (Å²) in [6.45, 7) is 3.83. The Balaban J connectivity index is 1.52. The number of likely N-dealkylation sites (tertiary alicyclic amines) is 1. The van der Waals surface area contributed by atoms with Crippen LogP contribution in [0, 0.1) is 0 Å². The molecule has 1 atom stereocenters. The van der Waals surface area contributed by atoms with Gasteiger partial charge in [0.25, 0.3) is 0 Å². The van der Waals surface area contributed by atoms with Gasteiger partial charge in [0, 0.05) is 39.8 Å². The zero-order chi connectivity index (χ0) is 14.0. The maximum absolute atomic E-state index is 6.00. The highest BCUT2D eigenvalue weighted by Crippen LogP contribution is 2.35. The lowest BCUT2D eigenvalue weighted by atomic mass is 9.84. The van der Waals surface area contributed by atoms with Crippen LogP contribution in [0.3, 0.4) is 0 Å². The minimum atomic E-state index is 0.0470. The average Bonchev–Trinajstić information content (AvgIpc) is 2.46. The highest BCUT2D eigenvalue weighted by atomic mass is 16.5. The Bertz CT molecular complexity index is 440. The first-order valence-corrected chi connectivity index (χ1v) is 7.25. The lowest BCUT2D eigenvalue weighted by Crippen LogP contribution is -2.65. The molecule has 2 fully saturated rings. The number of hydrogen-bond donors (Lipinski definition) is 0. The van der Waals surface area contributed by atoms with Crippen LogP contribution in [0.5, 0.6) is 5.75 Å². The number of hydrogen-bond acceptors (Lipinski definition) is 4. The quantitative estimate of drug-likeness (QED) is 0.843. The number of ether oxygens (including phenoxy) is 3. The fraction of sp³-hybridized carbons (Fsp3) is 0.625. The third kappa shape index (κ3) is 2.82.